The first-order chi connectivity index (χ1) is 8.06. The van der Waals surface area contributed by atoms with Crippen LogP contribution in [0.15, 0.2) is 34.2 Å². The Kier molecular flexibility index (Phi) is 6.46. The molecule has 18 heavy (non-hydrogen) atoms. The summed E-state index contributed by atoms with van der Waals surface area (Å²) in [6, 6.07) is 0. The molecule has 0 aliphatic heterocycles. The fourth-order valence-electron chi connectivity index (χ4n) is 1.28. The zero-order chi connectivity index (χ0) is 14.6. The number of rotatable bonds is 6. The van der Waals surface area contributed by atoms with Crippen LogP contribution in [0.2, 0.25) is 14.8 Å². The average molecular weight is 373 g/mol. The van der Waals surface area contributed by atoms with Crippen molar-refractivity contribution in [2.75, 3.05) is 0 Å². The number of allylic oxidation sites excluding steroid dienone is 4. The second-order valence-corrected chi connectivity index (χ2v) is 19.1. The van der Waals surface area contributed by atoms with Crippen molar-refractivity contribution in [2.45, 2.75) is 34.3 Å². The first-order valence-electron chi connectivity index (χ1n) is 5.41. The summed E-state index contributed by atoms with van der Waals surface area (Å²) in [5.41, 5.74) is 0. The van der Waals surface area contributed by atoms with Crippen LogP contribution in [0.5, 0.6) is 0 Å². The van der Waals surface area contributed by atoms with Crippen LogP contribution in [-0.4, -0.2) is 30.9 Å². The quantitative estimate of drug-likeness (QED) is 0.283. The summed E-state index contributed by atoms with van der Waals surface area (Å²) in [6.45, 7) is 4.98. The maximum atomic E-state index is 12.9. The second kappa shape index (κ2) is 6.63. The molecule has 104 valence electrons. The van der Waals surface area contributed by atoms with Gasteiger partial charge in [0.15, 0.2) is 0 Å². The first-order valence-corrected chi connectivity index (χ1v) is 15.4. The molecule has 0 amide bonds. The first kappa shape index (κ1) is 17.5. The average Bonchev–Trinajstić information content (AvgIpc) is 2.21. The molecule has 0 aromatic heterocycles. The van der Waals surface area contributed by atoms with Crippen molar-refractivity contribution >= 4 is 18.4 Å². The SMILES string of the molecule is C=C/C=[C](\C(=C/C)OC(F)(F)C(F)F)[Sn]([CH3])([CH3])[CH3]. The van der Waals surface area contributed by atoms with Crippen LogP contribution in [0.4, 0.5) is 17.6 Å². The van der Waals surface area contributed by atoms with Crippen molar-refractivity contribution in [3.8, 4) is 0 Å². The van der Waals surface area contributed by atoms with E-state index in [9.17, 15) is 17.6 Å². The normalized spacial score (nSPS) is 14.9. The van der Waals surface area contributed by atoms with Gasteiger partial charge in [-0.25, -0.2) is 0 Å². The third-order valence-corrected chi connectivity index (χ3v) is 7.91. The molecule has 0 aliphatic carbocycles. The Hall–Kier alpha value is -0.461. The Balaban J connectivity index is 5.34. The maximum absolute atomic E-state index is 12.9. The molecule has 0 heterocycles. The predicted octanol–water partition coefficient (Wildman–Crippen LogP) is 4.75. The van der Waals surface area contributed by atoms with Crippen LogP contribution in [0.1, 0.15) is 6.92 Å². The van der Waals surface area contributed by atoms with E-state index in [-0.39, 0.29) is 5.76 Å². The van der Waals surface area contributed by atoms with E-state index in [0.717, 1.165) is 0 Å². The molecular weight excluding hydrogens is 355 g/mol. The van der Waals surface area contributed by atoms with Crippen LogP contribution in [0.25, 0.3) is 0 Å². The molecular formula is C12H18F4OSn. The number of halogens is 4. The van der Waals surface area contributed by atoms with Crippen molar-refractivity contribution in [1.82, 2.24) is 0 Å². The molecule has 0 aromatic rings. The van der Waals surface area contributed by atoms with Crippen LogP contribution in [-0.2, 0) is 4.74 Å². The van der Waals surface area contributed by atoms with E-state index in [4.69, 9.17) is 0 Å². The molecule has 0 aliphatic rings. The molecule has 0 unspecified atom stereocenters. The minimum atomic E-state index is -4.47. The van der Waals surface area contributed by atoms with E-state index in [0.29, 0.717) is 3.59 Å². The van der Waals surface area contributed by atoms with E-state index < -0.39 is 30.9 Å². The Morgan fingerprint density at radius 3 is 2.06 bits per heavy atom. The summed E-state index contributed by atoms with van der Waals surface area (Å²) < 4.78 is 54.9. The van der Waals surface area contributed by atoms with Crippen molar-refractivity contribution in [1.29, 1.82) is 0 Å². The Morgan fingerprint density at radius 2 is 1.78 bits per heavy atom. The van der Waals surface area contributed by atoms with Gasteiger partial charge in [0.2, 0.25) is 0 Å². The van der Waals surface area contributed by atoms with Gasteiger partial charge in [0.1, 0.15) is 0 Å². The van der Waals surface area contributed by atoms with E-state index >= 15 is 0 Å². The zero-order valence-corrected chi connectivity index (χ0v) is 13.8. The van der Waals surface area contributed by atoms with Crippen molar-refractivity contribution in [3.05, 3.63) is 34.2 Å². The molecule has 0 saturated heterocycles. The van der Waals surface area contributed by atoms with Gasteiger partial charge in [0.25, 0.3) is 0 Å². The molecule has 0 radical (unpaired) electrons. The summed E-state index contributed by atoms with van der Waals surface area (Å²) in [4.78, 5) is 5.91. The summed E-state index contributed by atoms with van der Waals surface area (Å²) in [6.07, 6.45) is -4.03. The topological polar surface area (TPSA) is 9.23 Å². The van der Waals surface area contributed by atoms with Crippen molar-refractivity contribution in [2.24, 2.45) is 0 Å². The van der Waals surface area contributed by atoms with Gasteiger partial charge in [-0.1, -0.05) is 0 Å². The van der Waals surface area contributed by atoms with Crippen molar-refractivity contribution in [3.63, 3.8) is 0 Å². The van der Waals surface area contributed by atoms with Crippen molar-refractivity contribution < 1.29 is 22.3 Å². The van der Waals surface area contributed by atoms with E-state index in [1.54, 1.807) is 6.08 Å². The van der Waals surface area contributed by atoms with Gasteiger partial charge in [-0.15, -0.1) is 0 Å². The third kappa shape index (κ3) is 5.04. The molecule has 0 fully saturated rings. The summed E-state index contributed by atoms with van der Waals surface area (Å²) >= 11 is -2.76. The van der Waals surface area contributed by atoms with Crippen LogP contribution >= 0.6 is 0 Å². The summed E-state index contributed by atoms with van der Waals surface area (Å²) in [5, 5.41) is 0. The third-order valence-electron chi connectivity index (χ3n) is 2.12. The van der Waals surface area contributed by atoms with Gasteiger partial charge < -0.3 is 0 Å². The fraction of sp³-hybridized carbons (Fsp3) is 0.500. The number of alkyl halides is 4. The van der Waals surface area contributed by atoms with Gasteiger partial charge >= 0.3 is 109 Å². The molecule has 0 aromatic carbocycles. The molecule has 0 atom stereocenters. The monoisotopic (exact) mass is 374 g/mol. The Morgan fingerprint density at radius 1 is 1.28 bits per heavy atom. The number of hydrogen-bond donors (Lipinski definition) is 0. The van der Waals surface area contributed by atoms with Gasteiger partial charge in [0, 0.05) is 0 Å². The molecule has 1 nitrogen and oxygen atoms in total. The molecule has 0 bridgehead atoms. The summed E-state index contributed by atoms with van der Waals surface area (Å²) in [5.74, 6) is -0.177. The molecule has 6 heteroatoms. The number of hydrogen-bond acceptors (Lipinski definition) is 1. The van der Waals surface area contributed by atoms with E-state index in [1.165, 1.54) is 19.1 Å². The number of ether oxygens (including phenoxy) is 1. The minimum absolute atomic E-state index is 0.177. The van der Waals surface area contributed by atoms with Gasteiger partial charge in [-0.3, -0.25) is 0 Å². The summed E-state index contributed by atoms with van der Waals surface area (Å²) in [7, 11) is 0. The van der Waals surface area contributed by atoms with Crippen LogP contribution in [0.3, 0.4) is 0 Å². The Labute approximate surface area is 109 Å². The molecule has 0 rings (SSSR count). The molecule has 0 N–H and O–H groups in total. The standard InChI is InChI=1S/C9H9F4O.3CH3.Sn/c1-3-5-6-7(4-2)14-9(12,13)8(10)11;;;;/h3-5,8H,1H2,2H3;3*1H3;/b6-5?,7-4+;;;;. The molecule has 0 spiro atoms. The van der Waals surface area contributed by atoms with E-state index in [1.807, 2.05) is 14.8 Å². The van der Waals surface area contributed by atoms with Gasteiger partial charge in [-0.05, 0) is 0 Å². The Bertz CT molecular complexity index is 354. The van der Waals surface area contributed by atoms with Crippen LogP contribution in [0, 0.1) is 0 Å². The molecule has 0 saturated carbocycles. The van der Waals surface area contributed by atoms with E-state index in [2.05, 4.69) is 11.3 Å². The second-order valence-electron chi connectivity index (χ2n) is 4.68. The van der Waals surface area contributed by atoms with Gasteiger partial charge in [-0.2, -0.15) is 0 Å². The van der Waals surface area contributed by atoms with Crippen LogP contribution < -0.4 is 0 Å². The van der Waals surface area contributed by atoms with Gasteiger partial charge in [0.05, 0.1) is 0 Å². The predicted molar refractivity (Wildman–Crippen MR) is 67.4 cm³/mol. The fourth-order valence-corrected chi connectivity index (χ4v) is 5.71. The zero-order valence-electron chi connectivity index (χ0n) is 10.9.